The summed E-state index contributed by atoms with van der Waals surface area (Å²) in [4.78, 5) is 31.5. The van der Waals surface area contributed by atoms with Gasteiger partial charge in [-0.3, -0.25) is 14.9 Å². The summed E-state index contributed by atoms with van der Waals surface area (Å²) in [6, 6.07) is 11.6. The summed E-state index contributed by atoms with van der Waals surface area (Å²) in [6.45, 7) is 4.23. The van der Waals surface area contributed by atoms with Crippen LogP contribution >= 0.6 is 0 Å². The third-order valence-electron chi connectivity index (χ3n) is 4.18. The molecule has 0 fully saturated rings. The Kier molecular flexibility index (Phi) is 4.88. The molecule has 7 nitrogen and oxygen atoms in total. The van der Waals surface area contributed by atoms with Crippen molar-refractivity contribution >= 4 is 22.6 Å². The monoisotopic (exact) mass is 350 g/mol. The molecule has 1 aromatic heterocycles. The Hall–Kier alpha value is -3.35. The molecule has 0 aliphatic carbocycles. The average Bonchev–Trinajstić information content (AvgIpc) is 2.62. The number of amides is 1. The van der Waals surface area contributed by atoms with Crippen molar-refractivity contribution in [2.24, 2.45) is 0 Å². The number of nitro benzene ring substituents is 1. The van der Waals surface area contributed by atoms with Gasteiger partial charge in [-0.2, -0.15) is 0 Å². The first-order chi connectivity index (χ1) is 12.4. The molecule has 132 valence electrons. The standard InChI is InChI=1S/C19H18N4O3/c1-12-13(2)22-18-11-15(5-8-17(18)21-12)19(24)20-10-9-14-3-6-16(7-4-14)23(25)26/h3-8,11H,9-10H2,1-2H3,(H,20,24). The molecular formula is C19H18N4O3. The first-order valence-electron chi connectivity index (χ1n) is 8.20. The molecule has 3 rings (SSSR count). The zero-order valence-electron chi connectivity index (χ0n) is 14.5. The Balaban J connectivity index is 1.63. The van der Waals surface area contributed by atoms with E-state index in [0.717, 1.165) is 22.5 Å². The van der Waals surface area contributed by atoms with Crippen LogP contribution in [0.4, 0.5) is 5.69 Å². The predicted molar refractivity (Wildman–Crippen MR) is 98.1 cm³/mol. The largest absolute Gasteiger partial charge is 0.352 e. The average molecular weight is 350 g/mol. The predicted octanol–water partition coefficient (Wildman–Crippen LogP) is 3.13. The first-order valence-corrected chi connectivity index (χ1v) is 8.20. The summed E-state index contributed by atoms with van der Waals surface area (Å²) in [5, 5.41) is 13.5. The van der Waals surface area contributed by atoms with Crippen molar-refractivity contribution in [1.29, 1.82) is 0 Å². The van der Waals surface area contributed by atoms with Gasteiger partial charge in [0.15, 0.2) is 0 Å². The van der Waals surface area contributed by atoms with Gasteiger partial charge in [-0.15, -0.1) is 0 Å². The third kappa shape index (κ3) is 3.83. The number of hydrogen-bond acceptors (Lipinski definition) is 5. The summed E-state index contributed by atoms with van der Waals surface area (Å²) in [5.74, 6) is -0.186. The topological polar surface area (TPSA) is 98.0 Å². The SMILES string of the molecule is Cc1nc2ccc(C(=O)NCCc3ccc([N+](=O)[O-])cc3)cc2nc1C. The molecule has 0 bridgehead atoms. The van der Waals surface area contributed by atoms with Crippen LogP contribution in [0.2, 0.25) is 0 Å². The van der Waals surface area contributed by atoms with Gasteiger partial charge in [0.05, 0.1) is 27.3 Å². The maximum Gasteiger partial charge on any atom is 0.269 e. The molecule has 1 heterocycles. The number of rotatable bonds is 5. The minimum Gasteiger partial charge on any atom is -0.352 e. The second kappa shape index (κ2) is 7.26. The molecule has 0 spiro atoms. The van der Waals surface area contributed by atoms with Crippen molar-refractivity contribution in [2.45, 2.75) is 20.3 Å². The molecule has 0 radical (unpaired) electrons. The van der Waals surface area contributed by atoms with E-state index in [4.69, 9.17) is 0 Å². The van der Waals surface area contributed by atoms with Crippen LogP contribution in [0.15, 0.2) is 42.5 Å². The number of benzene rings is 2. The summed E-state index contributed by atoms with van der Waals surface area (Å²) in [6.07, 6.45) is 0.593. The number of nitrogens with zero attached hydrogens (tertiary/aromatic N) is 3. The van der Waals surface area contributed by atoms with Crippen LogP contribution in [-0.2, 0) is 6.42 Å². The fourth-order valence-corrected chi connectivity index (χ4v) is 2.58. The van der Waals surface area contributed by atoms with E-state index in [9.17, 15) is 14.9 Å². The zero-order chi connectivity index (χ0) is 18.7. The van der Waals surface area contributed by atoms with Crippen molar-refractivity contribution in [2.75, 3.05) is 6.54 Å². The summed E-state index contributed by atoms with van der Waals surface area (Å²) < 4.78 is 0. The van der Waals surface area contributed by atoms with Crippen LogP contribution in [0.3, 0.4) is 0 Å². The minimum atomic E-state index is -0.433. The van der Waals surface area contributed by atoms with E-state index in [1.807, 2.05) is 13.8 Å². The van der Waals surface area contributed by atoms with Crippen LogP contribution < -0.4 is 5.32 Å². The fourth-order valence-electron chi connectivity index (χ4n) is 2.58. The van der Waals surface area contributed by atoms with Gasteiger partial charge < -0.3 is 5.32 Å². The van der Waals surface area contributed by atoms with Gasteiger partial charge in [-0.25, -0.2) is 9.97 Å². The normalized spacial score (nSPS) is 10.7. The molecule has 3 aromatic rings. The number of carbonyl (C=O) groups is 1. The summed E-state index contributed by atoms with van der Waals surface area (Å²) in [7, 11) is 0. The maximum absolute atomic E-state index is 12.3. The van der Waals surface area contributed by atoms with Gasteiger partial charge in [-0.05, 0) is 44.0 Å². The number of aromatic nitrogens is 2. The molecule has 2 aromatic carbocycles. The second-order valence-electron chi connectivity index (χ2n) is 6.03. The van der Waals surface area contributed by atoms with Gasteiger partial charge in [0.2, 0.25) is 0 Å². The molecule has 0 saturated heterocycles. The quantitative estimate of drug-likeness (QED) is 0.563. The molecule has 26 heavy (non-hydrogen) atoms. The molecule has 0 saturated carbocycles. The summed E-state index contributed by atoms with van der Waals surface area (Å²) in [5.41, 5.74) is 4.67. The van der Waals surface area contributed by atoms with Crippen LogP contribution in [0.1, 0.15) is 27.3 Å². The van der Waals surface area contributed by atoms with E-state index >= 15 is 0 Å². The van der Waals surface area contributed by atoms with E-state index in [-0.39, 0.29) is 11.6 Å². The van der Waals surface area contributed by atoms with Crippen LogP contribution in [-0.4, -0.2) is 27.3 Å². The highest BCUT2D eigenvalue weighted by Gasteiger charge is 2.09. The van der Waals surface area contributed by atoms with E-state index in [1.165, 1.54) is 12.1 Å². The van der Waals surface area contributed by atoms with Gasteiger partial charge in [0.1, 0.15) is 0 Å². The number of nitro groups is 1. The lowest BCUT2D eigenvalue weighted by Crippen LogP contribution is -2.25. The van der Waals surface area contributed by atoms with E-state index < -0.39 is 4.92 Å². The van der Waals surface area contributed by atoms with Crippen LogP contribution in [0.5, 0.6) is 0 Å². The van der Waals surface area contributed by atoms with Crippen LogP contribution in [0, 0.1) is 24.0 Å². The lowest BCUT2D eigenvalue weighted by Gasteiger charge is -2.07. The molecule has 0 atom stereocenters. The molecule has 0 unspecified atom stereocenters. The smallest absolute Gasteiger partial charge is 0.269 e. The van der Waals surface area contributed by atoms with Crippen molar-refractivity contribution in [3.05, 3.63) is 75.1 Å². The fraction of sp³-hybridized carbons (Fsp3) is 0.211. The van der Waals surface area contributed by atoms with Crippen molar-refractivity contribution in [1.82, 2.24) is 15.3 Å². The molecular weight excluding hydrogens is 332 g/mol. The van der Waals surface area contributed by atoms with E-state index in [0.29, 0.717) is 24.0 Å². The van der Waals surface area contributed by atoms with Crippen molar-refractivity contribution < 1.29 is 9.72 Å². The highest BCUT2D eigenvalue weighted by Crippen LogP contribution is 2.15. The highest BCUT2D eigenvalue weighted by atomic mass is 16.6. The lowest BCUT2D eigenvalue weighted by molar-refractivity contribution is -0.384. The number of nitrogens with one attached hydrogen (secondary N) is 1. The number of non-ortho nitro benzene ring substituents is 1. The molecule has 1 N–H and O–H groups in total. The molecule has 0 aliphatic heterocycles. The lowest BCUT2D eigenvalue weighted by atomic mass is 10.1. The molecule has 0 aliphatic rings. The van der Waals surface area contributed by atoms with Gasteiger partial charge in [-0.1, -0.05) is 12.1 Å². The number of carbonyl (C=O) groups excluding carboxylic acids is 1. The number of hydrogen-bond donors (Lipinski definition) is 1. The maximum atomic E-state index is 12.3. The van der Waals surface area contributed by atoms with Crippen molar-refractivity contribution in [3.8, 4) is 0 Å². The van der Waals surface area contributed by atoms with Crippen molar-refractivity contribution in [3.63, 3.8) is 0 Å². The van der Waals surface area contributed by atoms with Gasteiger partial charge in [0, 0.05) is 24.2 Å². The van der Waals surface area contributed by atoms with Gasteiger partial charge in [0.25, 0.3) is 11.6 Å². The zero-order valence-corrected chi connectivity index (χ0v) is 14.5. The Morgan fingerprint density at radius 3 is 2.35 bits per heavy atom. The van der Waals surface area contributed by atoms with Gasteiger partial charge >= 0.3 is 0 Å². The van der Waals surface area contributed by atoms with E-state index in [1.54, 1.807) is 30.3 Å². The molecule has 7 heteroatoms. The Labute approximate surface area is 150 Å². The second-order valence-corrected chi connectivity index (χ2v) is 6.03. The Morgan fingerprint density at radius 2 is 1.69 bits per heavy atom. The van der Waals surface area contributed by atoms with Crippen LogP contribution in [0.25, 0.3) is 11.0 Å². The Morgan fingerprint density at radius 1 is 1.04 bits per heavy atom. The Bertz CT molecular complexity index is 984. The number of aryl methyl sites for hydroxylation is 2. The summed E-state index contributed by atoms with van der Waals surface area (Å²) >= 11 is 0. The minimum absolute atomic E-state index is 0.0561. The first kappa shape index (κ1) is 17.5. The third-order valence-corrected chi connectivity index (χ3v) is 4.18. The highest BCUT2D eigenvalue weighted by molar-refractivity contribution is 5.97. The van der Waals surface area contributed by atoms with E-state index in [2.05, 4.69) is 15.3 Å². The number of fused-ring (bicyclic) bond motifs is 1. The molecule has 1 amide bonds.